The van der Waals surface area contributed by atoms with E-state index in [1.807, 2.05) is 32.9 Å². The summed E-state index contributed by atoms with van der Waals surface area (Å²) in [5, 5.41) is 0.693. The Hall–Kier alpha value is -1.77. The molecule has 0 aliphatic heterocycles. The highest BCUT2D eigenvalue weighted by Gasteiger charge is 2.12. The molecule has 0 saturated carbocycles. The zero-order valence-electron chi connectivity index (χ0n) is 10.6. The van der Waals surface area contributed by atoms with Gasteiger partial charge in [0, 0.05) is 22.2 Å². The number of fused-ring (bicyclic) bond motifs is 1. The molecule has 0 unspecified atom stereocenters. The molecule has 0 aliphatic rings. The van der Waals surface area contributed by atoms with Gasteiger partial charge in [0.15, 0.2) is 5.43 Å². The van der Waals surface area contributed by atoms with Crippen molar-refractivity contribution in [1.29, 1.82) is 0 Å². The molecule has 1 heterocycles. The predicted octanol–water partition coefficient (Wildman–Crippen LogP) is 2.97. The summed E-state index contributed by atoms with van der Waals surface area (Å²) in [6.45, 7) is 6.01. The summed E-state index contributed by atoms with van der Waals surface area (Å²) in [5.41, 5.74) is 2.76. The quantitative estimate of drug-likeness (QED) is 0.863. The van der Waals surface area contributed by atoms with E-state index in [4.69, 9.17) is 4.74 Å². The highest BCUT2D eigenvalue weighted by molar-refractivity contribution is 5.81. The van der Waals surface area contributed by atoms with Crippen LogP contribution < -0.4 is 10.2 Å². The van der Waals surface area contributed by atoms with E-state index in [9.17, 15) is 4.79 Å². The van der Waals surface area contributed by atoms with Crippen molar-refractivity contribution in [2.45, 2.75) is 26.7 Å². The van der Waals surface area contributed by atoms with Gasteiger partial charge in [-0.1, -0.05) is 13.8 Å². The first kappa shape index (κ1) is 11.7. The normalized spacial score (nSPS) is 11.1. The number of ether oxygens (including phenoxy) is 1. The average molecular weight is 231 g/mol. The maximum atomic E-state index is 12.4. The molecule has 0 aliphatic carbocycles. The zero-order chi connectivity index (χ0) is 12.6. The summed E-state index contributed by atoms with van der Waals surface area (Å²) in [6.07, 6.45) is 0. The summed E-state index contributed by atoms with van der Waals surface area (Å²) in [7, 11) is 1.60. The molecule has 1 aromatic carbocycles. The van der Waals surface area contributed by atoms with Gasteiger partial charge in [-0.3, -0.25) is 4.79 Å². The van der Waals surface area contributed by atoms with Crippen molar-refractivity contribution in [3.63, 3.8) is 0 Å². The van der Waals surface area contributed by atoms with Crippen LogP contribution >= 0.6 is 0 Å². The number of nitrogens with one attached hydrogen (secondary N) is 1. The lowest BCUT2D eigenvalue weighted by atomic mass is 9.99. The fraction of sp³-hybridized carbons (Fsp3) is 0.357. The molecular weight excluding hydrogens is 214 g/mol. The van der Waals surface area contributed by atoms with Gasteiger partial charge in [-0.2, -0.15) is 0 Å². The lowest BCUT2D eigenvalue weighted by Crippen LogP contribution is -2.14. The molecule has 2 rings (SSSR count). The molecule has 0 radical (unpaired) electrons. The average Bonchev–Trinajstić information content (AvgIpc) is 2.28. The Balaban J connectivity index is 2.84. The van der Waals surface area contributed by atoms with Crippen LogP contribution in [0.1, 0.15) is 31.0 Å². The Kier molecular flexibility index (Phi) is 2.92. The van der Waals surface area contributed by atoms with Crippen LogP contribution in [0, 0.1) is 6.92 Å². The van der Waals surface area contributed by atoms with Crippen LogP contribution in [-0.4, -0.2) is 12.1 Å². The molecule has 0 atom stereocenters. The van der Waals surface area contributed by atoms with Crippen LogP contribution in [0.3, 0.4) is 0 Å². The number of aromatic amines is 1. The van der Waals surface area contributed by atoms with E-state index >= 15 is 0 Å². The van der Waals surface area contributed by atoms with Crippen molar-refractivity contribution in [3.05, 3.63) is 39.7 Å². The third-order valence-corrected chi connectivity index (χ3v) is 3.02. The van der Waals surface area contributed by atoms with E-state index in [-0.39, 0.29) is 11.3 Å². The number of methoxy groups -OCH3 is 1. The van der Waals surface area contributed by atoms with Crippen LogP contribution in [0.5, 0.6) is 5.75 Å². The number of hydrogen-bond donors (Lipinski definition) is 1. The number of aryl methyl sites for hydroxylation is 1. The molecular formula is C14H17NO2. The van der Waals surface area contributed by atoms with E-state index in [1.165, 1.54) is 0 Å². The molecule has 0 amide bonds. The Labute approximate surface area is 100 Å². The lowest BCUT2D eigenvalue weighted by Gasteiger charge is -2.11. The molecule has 2 aromatic rings. The summed E-state index contributed by atoms with van der Waals surface area (Å²) in [6, 6.07) is 5.53. The van der Waals surface area contributed by atoms with Crippen molar-refractivity contribution in [1.82, 2.24) is 4.98 Å². The van der Waals surface area contributed by atoms with E-state index in [0.717, 1.165) is 16.8 Å². The monoisotopic (exact) mass is 231 g/mol. The fourth-order valence-electron chi connectivity index (χ4n) is 2.23. The lowest BCUT2D eigenvalue weighted by molar-refractivity contribution is 0.415. The molecule has 0 fully saturated rings. The maximum absolute atomic E-state index is 12.4. The fourth-order valence-corrected chi connectivity index (χ4v) is 2.23. The van der Waals surface area contributed by atoms with Gasteiger partial charge in [-0.25, -0.2) is 0 Å². The summed E-state index contributed by atoms with van der Waals surface area (Å²) < 4.78 is 5.16. The maximum Gasteiger partial charge on any atom is 0.193 e. The molecule has 90 valence electrons. The minimum atomic E-state index is 0.102. The summed E-state index contributed by atoms with van der Waals surface area (Å²) in [4.78, 5) is 15.7. The van der Waals surface area contributed by atoms with E-state index in [1.54, 1.807) is 13.2 Å². The second-order valence-electron chi connectivity index (χ2n) is 4.56. The van der Waals surface area contributed by atoms with Gasteiger partial charge < -0.3 is 9.72 Å². The van der Waals surface area contributed by atoms with Gasteiger partial charge in [0.05, 0.1) is 7.11 Å². The minimum Gasteiger partial charge on any atom is -0.497 e. The van der Waals surface area contributed by atoms with Crippen molar-refractivity contribution < 1.29 is 4.74 Å². The molecule has 3 nitrogen and oxygen atoms in total. The number of pyridine rings is 1. The largest absolute Gasteiger partial charge is 0.497 e. The smallest absolute Gasteiger partial charge is 0.193 e. The summed E-state index contributed by atoms with van der Waals surface area (Å²) in [5.74, 6) is 0.927. The van der Waals surface area contributed by atoms with Gasteiger partial charge in [-0.15, -0.1) is 0 Å². The van der Waals surface area contributed by atoms with Crippen LogP contribution in [-0.2, 0) is 0 Å². The number of benzene rings is 1. The van der Waals surface area contributed by atoms with Crippen molar-refractivity contribution in [3.8, 4) is 5.75 Å². The molecule has 1 N–H and O–H groups in total. The minimum absolute atomic E-state index is 0.102. The van der Waals surface area contributed by atoms with Crippen LogP contribution in [0.2, 0.25) is 0 Å². The molecule has 1 aromatic heterocycles. The standard InChI is InChI=1S/C14H17NO2/c1-8(2)13-9(3)15-12-6-5-10(17-4)7-11(12)14(13)16/h5-8H,1-4H3,(H,15,16). The number of H-pyrrole nitrogens is 1. The third-order valence-electron chi connectivity index (χ3n) is 3.02. The van der Waals surface area contributed by atoms with Gasteiger partial charge in [0.2, 0.25) is 0 Å². The SMILES string of the molecule is COc1ccc2[nH]c(C)c(C(C)C)c(=O)c2c1. The number of aromatic nitrogens is 1. The zero-order valence-corrected chi connectivity index (χ0v) is 10.6. The van der Waals surface area contributed by atoms with Crippen LogP contribution in [0.25, 0.3) is 10.9 Å². The highest BCUT2D eigenvalue weighted by Crippen LogP contribution is 2.21. The molecule has 0 bridgehead atoms. The topological polar surface area (TPSA) is 42.1 Å². The van der Waals surface area contributed by atoms with Crippen molar-refractivity contribution in [2.24, 2.45) is 0 Å². The molecule has 0 spiro atoms. The number of hydrogen-bond acceptors (Lipinski definition) is 2. The predicted molar refractivity (Wildman–Crippen MR) is 69.9 cm³/mol. The Bertz CT molecular complexity index is 611. The first-order chi connectivity index (χ1) is 8.04. The van der Waals surface area contributed by atoms with E-state index in [2.05, 4.69) is 4.98 Å². The molecule has 0 saturated heterocycles. The van der Waals surface area contributed by atoms with Gasteiger partial charge in [-0.05, 0) is 31.0 Å². The Morgan fingerprint density at radius 2 is 2.00 bits per heavy atom. The van der Waals surface area contributed by atoms with Gasteiger partial charge >= 0.3 is 0 Å². The van der Waals surface area contributed by atoms with Gasteiger partial charge in [0.1, 0.15) is 5.75 Å². The molecule has 3 heteroatoms. The van der Waals surface area contributed by atoms with Crippen LogP contribution in [0.15, 0.2) is 23.0 Å². The third kappa shape index (κ3) is 1.93. The van der Waals surface area contributed by atoms with E-state index < -0.39 is 0 Å². The second-order valence-corrected chi connectivity index (χ2v) is 4.56. The summed E-state index contributed by atoms with van der Waals surface area (Å²) >= 11 is 0. The highest BCUT2D eigenvalue weighted by atomic mass is 16.5. The van der Waals surface area contributed by atoms with E-state index in [0.29, 0.717) is 11.1 Å². The Morgan fingerprint density at radius 1 is 1.29 bits per heavy atom. The first-order valence-electron chi connectivity index (χ1n) is 5.75. The van der Waals surface area contributed by atoms with Crippen LogP contribution in [0.4, 0.5) is 0 Å². The first-order valence-corrected chi connectivity index (χ1v) is 5.75. The van der Waals surface area contributed by atoms with Gasteiger partial charge in [0.25, 0.3) is 0 Å². The second kappa shape index (κ2) is 4.24. The molecule has 17 heavy (non-hydrogen) atoms. The van der Waals surface area contributed by atoms with Crippen molar-refractivity contribution in [2.75, 3.05) is 7.11 Å². The Morgan fingerprint density at radius 3 is 2.59 bits per heavy atom. The number of rotatable bonds is 2. The van der Waals surface area contributed by atoms with Crippen molar-refractivity contribution >= 4 is 10.9 Å².